The van der Waals surface area contributed by atoms with Crippen LogP contribution in [0.2, 0.25) is 0 Å². The second kappa shape index (κ2) is 7.45. The quantitative estimate of drug-likeness (QED) is 0.887. The average Bonchev–Trinajstić information content (AvgIpc) is 3.02. The maximum atomic E-state index is 12.9. The number of nitrogens with one attached hydrogen (secondary N) is 2. The van der Waals surface area contributed by atoms with Gasteiger partial charge in [-0.05, 0) is 54.4 Å². The van der Waals surface area contributed by atoms with Crippen LogP contribution in [0.5, 0.6) is 11.5 Å². The number of rotatable bonds is 5. The van der Waals surface area contributed by atoms with Gasteiger partial charge in [0.15, 0.2) is 0 Å². The zero-order valence-electron chi connectivity index (χ0n) is 13.6. The van der Waals surface area contributed by atoms with E-state index in [2.05, 4.69) is 17.6 Å². The summed E-state index contributed by atoms with van der Waals surface area (Å²) in [6.45, 7) is 4.23. The summed E-state index contributed by atoms with van der Waals surface area (Å²) in [5.41, 5.74) is 1.01. The Morgan fingerprint density at radius 2 is 1.75 bits per heavy atom. The molecule has 1 aliphatic heterocycles. The standard InChI is InChI=1S/C19H21FN2O2/c1-13-10-21-12-18(13)19(23)22-11-14-2-6-16(7-3-14)24-17-8-4-15(20)5-9-17/h2-9,13,18,21H,10-12H2,1H3,(H,22,23)/t13-,18-/m1/s1. The molecule has 1 fully saturated rings. The van der Waals surface area contributed by atoms with Crippen LogP contribution < -0.4 is 15.4 Å². The zero-order valence-corrected chi connectivity index (χ0v) is 13.6. The molecule has 2 N–H and O–H groups in total. The molecule has 1 aliphatic rings. The van der Waals surface area contributed by atoms with E-state index in [-0.39, 0.29) is 17.6 Å². The van der Waals surface area contributed by atoms with Crippen LogP contribution in [0.1, 0.15) is 12.5 Å². The van der Waals surface area contributed by atoms with E-state index in [1.807, 2.05) is 24.3 Å². The largest absolute Gasteiger partial charge is 0.457 e. The van der Waals surface area contributed by atoms with Gasteiger partial charge in [-0.25, -0.2) is 4.39 Å². The predicted molar refractivity (Wildman–Crippen MR) is 90.3 cm³/mol. The lowest BCUT2D eigenvalue weighted by atomic mass is 9.97. The van der Waals surface area contributed by atoms with E-state index < -0.39 is 0 Å². The van der Waals surface area contributed by atoms with E-state index in [1.165, 1.54) is 12.1 Å². The molecule has 126 valence electrons. The molecule has 1 saturated heterocycles. The number of carbonyl (C=O) groups is 1. The first kappa shape index (κ1) is 16.5. The first-order chi connectivity index (χ1) is 11.6. The molecule has 0 spiro atoms. The van der Waals surface area contributed by atoms with Crippen LogP contribution in [0.25, 0.3) is 0 Å². The molecule has 1 heterocycles. The number of halogens is 1. The highest BCUT2D eigenvalue weighted by Gasteiger charge is 2.29. The Labute approximate surface area is 141 Å². The van der Waals surface area contributed by atoms with Crippen molar-refractivity contribution in [3.05, 3.63) is 59.9 Å². The van der Waals surface area contributed by atoms with Crippen LogP contribution in [0.3, 0.4) is 0 Å². The summed E-state index contributed by atoms with van der Waals surface area (Å²) < 4.78 is 18.5. The Morgan fingerprint density at radius 3 is 2.33 bits per heavy atom. The van der Waals surface area contributed by atoms with E-state index in [0.717, 1.165) is 18.7 Å². The van der Waals surface area contributed by atoms with Crippen molar-refractivity contribution in [2.45, 2.75) is 13.5 Å². The minimum absolute atomic E-state index is 0.0473. The molecular weight excluding hydrogens is 307 g/mol. The summed E-state index contributed by atoms with van der Waals surface area (Å²) in [4.78, 5) is 12.2. The summed E-state index contributed by atoms with van der Waals surface area (Å²) >= 11 is 0. The molecule has 0 bridgehead atoms. The van der Waals surface area contributed by atoms with E-state index >= 15 is 0 Å². The van der Waals surface area contributed by atoms with Gasteiger partial charge in [0.05, 0.1) is 5.92 Å². The third kappa shape index (κ3) is 4.11. The van der Waals surface area contributed by atoms with Crippen molar-refractivity contribution >= 4 is 5.91 Å². The number of hydrogen-bond donors (Lipinski definition) is 2. The lowest BCUT2D eigenvalue weighted by Gasteiger charge is -2.14. The Balaban J connectivity index is 1.52. The van der Waals surface area contributed by atoms with Crippen molar-refractivity contribution < 1.29 is 13.9 Å². The number of carbonyl (C=O) groups excluding carboxylic acids is 1. The molecule has 2 atom stereocenters. The average molecular weight is 328 g/mol. The molecule has 1 amide bonds. The van der Waals surface area contributed by atoms with Gasteiger partial charge in [0.1, 0.15) is 17.3 Å². The fourth-order valence-corrected chi connectivity index (χ4v) is 2.80. The van der Waals surface area contributed by atoms with Crippen molar-refractivity contribution in [3.8, 4) is 11.5 Å². The summed E-state index contributed by atoms with van der Waals surface area (Å²) in [6.07, 6.45) is 0. The zero-order chi connectivity index (χ0) is 16.9. The van der Waals surface area contributed by atoms with Gasteiger partial charge >= 0.3 is 0 Å². The molecule has 0 aliphatic carbocycles. The van der Waals surface area contributed by atoms with Crippen LogP contribution in [0.4, 0.5) is 4.39 Å². The lowest BCUT2D eigenvalue weighted by Crippen LogP contribution is -2.33. The molecule has 4 nitrogen and oxygen atoms in total. The van der Waals surface area contributed by atoms with Crippen LogP contribution in [-0.4, -0.2) is 19.0 Å². The van der Waals surface area contributed by atoms with Crippen LogP contribution in [0.15, 0.2) is 48.5 Å². The van der Waals surface area contributed by atoms with Crippen molar-refractivity contribution in [2.75, 3.05) is 13.1 Å². The minimum Gasteiger partial charge on any atom is -0.457 e. The first-order valence-electron chi connectivity index (χ1n) is 8.12. The van der Waals surface area contributed by atoms with Gasteiger partial charge in [-0.3, -0.25) is 4.79 Å². The maximum absolute atomic E-state index is 12.9. The summed E-state index contributed by atoms with van der Waals surface area (Å²) in [6, 6.07) is 13.4. The number of hydrogen-bond acceptors (Lipinski definition) is 3. The molecule has 5 heteroatoms. The second-order valence-corrected chi connectivity index (χ2v) is 6.16. The molecule has 2 aromatic rings. The molecule has 0 saturated carbocycles. The second-order valence-electron chi connectivity index (χ2n) is 6.16. The lowest BCUT2D eigenvalue weighted by molar-refractivity contribution is -0.125. The maximum Gasteiger partial charge on any atom is 0.224 e. The summed E-state index contributed by atoms with van der Waals surface area (Å²) in [7, 11) is 0. The number of ether oxygens (including phenoxy) is 1. The van der Waals surface area contributed by atoms with Crippen LogP contribution in [-0.2, 0) is 11.3 Å². The summed E-state index contributed by atoms with van der Waals surface area (Å²) in [5, 5.41) is 6.22. The van der Waals surface area contributed by atoms with Gasteiger partial charge in [-0.1, -0.05) is 19.1 Å². The summed E-state index contributed by atoms with van der Waals surface area (Å²) in [5.74, 6) is 1.48. The van der Waals surface area contributed by atoms with Crippen LogP contribution in [0, 0.1) is 17.7 Å². The fourth-order valence-electron chi connectivity index (χ4n) is 2.80. The third-order valence-electron chi connectivity index (χ3n) is 4.29. The Morgan fingerprint density at radius 1 is 1.12 bits per heavy atom. The van der Waals surface area contributed by atoms with E-state index in [4.69, 9.17) is 4.74 Å². The van der Waals surface area contributed by atoms with E-state index in [9.17, 15) is 9.18 Å². The number of amides is 1. The van der Waals surface area contributed by atoms with Crippen molar-refractivity contribution in [3.63, 3.8) is 0 Å². The first-order valence-corrected chi connectivity index (χ1v) is 8.12. The normalized spacial score (nSPS) is 19.9. The monoisotopic (exact) mass is 328 g/mol. The van der Waals surface area contributed by atoms with Gasteiger partial charge in [-0.15, -0.1) is 0 Å². The topological polar surface area (TPSA) is 50.4 Å². The fraction of sp³-hybridized carbons (Fsp3) is 0.316. The molecule has 0 aromatic heterocycles. The van der Waals surface area contributed by atoms with Crippen molar-refractivity contribution in [1.29, 1.82) is 0 Å². The van der Waals surface area contributed by atoms with Gasteiger partial charge in [0.2, 0.25) is 5.91 Å². The predicted octanol–water partition coefficient (Wildman–Crippen LogP) is 3.09. The van der Waals surface area contributed by atoms with Crippen LogP contribution >= 0.6 is 0 Å². The highest BCUT2D eigenvalue weighted by atomic mass is 19.1. The van der Waals surface area contributed by atoms with Gasteiger partial charge in [-0.2, -0.15) is 0 Å². The van der Waals surface area contributed by atoms with Gasteiger partial charge < -0.3 is 15.4 Å². The van der Waals surface area contributed by atoms with E-state index in [0.29, 0.717) is 24.0 Å². The molecule has 0 unspecified atom stereocenters. The molecule has 2 aromatic carbocycles. The Hall–Kier alpha value is -2.40. The highest BCUT2D eigenvalue weighted by Crippen LogP contribution is 2.22. The molecule has 3 rings (SSSR count). The minimum atomic E-state index is -0.291. The smallest absolute Gasteiger partial charge is 0.224 e. The third-order valence-corrected chi connectivity index (χ3v) is 4.29. The molecule has 24 heavy (non-hydrogen) atoms. The highest BCUT2D eigenvalue weighted by molar-refractivity contribution is 5.79. The van der Waals surface area contributed by atoms with Crippen molar-refractivity contribution in [1.82, 2.24) is 10.6 Å². The molecular formula is C19H21FN2O2. The Kier molecular flexibility index (Phi) is 5.11. The number of benzene rings is 2. The van der Waals surface area contributed by atoms with Crippen molar-refractivity contribution in [2.24, 2.45) is 11.8 Å². The Bertz CT molecular complexity index is 686. The molecule has 0 radical (unpaired) electrons. The SMILES string of the molecule is C[C@@H]1CNC[C@H]1C(=O)NCc1ccc(Oc2ccc(F)cc2)cc1. The van der Waals surface area contributed by atoms with Gasteiger partial charge in [0.25, 0.3) is 0 Å². The van der Waals surface area contributed by atoms with E-state index in [1.54, 1.807) is 12.1 Å². The van der Waals surface area contributed by atoms with Gasteiger partial charge in [0, 0.05) is 13.1 Å².